The summed E-state index contributed by atoms with van der Waals surface area (Å²) in [4.78, 5) is -1.62. The number of rotatable bonds is 7. The van der Waals surface area contributed by atoms with Crippen LogP contribution in [0.1, 0.15) is 0 Å². The average molecular weight is 583 g/mol. The van der Waals surface area contributed by atoms with Crippen LogP contribution in [0.4, 0.5) is 0 Å². The van der Waals surface area contributed by atoms with Gasteiger partial charge < -0.3 is 4.18 Å². The molecule has 0 radical (unpaired) electrons. The maximum absolute atomic E-state index is 13.5. The Morgan fingerprint density at radius 2 is 0.972 bits per heavy atom. The topological polar surface area (TPSA) is 112 Å². The summed E-state index contributed by atoms with van der Waals surface area (Å²) in [5.74, 6) is -0.566. The third-order valence-electron chi connectivity index (χ3n) is 4.99. The van der Waals surface area contributed by atoms with Gasteiger partial charge in [0.2, 0.25) is 19.7 Å². The Kier molecular flexibility index (Phi) is 7.18. The molecule has 0 amide bonds. The highest BCUT2D eigenvalue weighted by atomic mass is 35.5. The van der Waals surface area contributed by atoms with Crippen LogP contribution < -0.4 is 4.18 Å². The standard InChI is InChI=1S/C24H16Cl2O7S3/c25-17-6-10-19(11-7-17)34(27,28)22-14-15-23(33-36(31,32)21-4-2-1-3-5-21)24(16-22)35(29,30)20-12-8-18(26)9-13-20/h1-16H. The van der Waals surface area contributed by atoms with Gasteiger partial charge in [0.15, 0.2) is 5.75 Å². The smallest absolute Gasteiger partial charge is 0.339 e. The highest BCUT2D eigenvalue weighted by Crippen LogP contribution is 2.35. The molecule has 0 N–H and O–H groups in total. The molecule has 12 heteroatoms. The van der Waals surface area contributed by atoms with E-state index in [-0.39, 0.29) is 24.6 Å². The second-order valence-corrected chi connectivity index (χ2v) is 13.7. The molecule has 0 aliphatic carbocycles. The van der Waals surface area contributed by atoms with Crippen molar-refractivity contribution in [3.8, 4) is 5.75 Å². The molecule has 186 valence electrons. The molecule has 0 saturated carbocycles. The molecule has 0 aromatic heterocycles. The second-order valence-electron chi connectivity index (χ2n) is 7.37. The summed E-state index contributed by atoms with van der Waals surface area (Å²) in [6.07, 6.45) is 0. The highest BCUT2D eigenvalue weighted by Gasteiger charge is 2.29. The monoisotopic (exact) mass is 582 g/mol. The Hall–Kier alpha value is -2.89. The molecule has 4 aromatic carbocycles. The van der Waals surface area contributed by atoms with Crippen molar-refractivity contribution >= 4 is 53.0 Å². The summed E-state index contributed by atoms with van der Waals surface area (Å²) in [5.41, 5.74) is 0. The SMILES string of the molecule is O=S(=O)(Oc1ccc(S(=O)(=O)c2ccc(Cl)cc2)cc1S(=O)(=O)c1ccc(Cl)cc1)c1ccccc1. The fraction of sp³-hybridized carbons (Fsp3) is 0. The van der Waals surface area contributed by atoms with Gasteiger partial charge in [-0.25, -0.2) is 16.8 Å². The summed E-state index contributed by atoms with van der Waals surface area (Å²) in [6, 6.07) is 20.5. The first kappa shape index (κ1) is 26.2. The van der Waals surface area contributed by atoms with Crippen molar-refractivity contribution in [2.45, 2.75) is 24.5 Å². The van der Waals surface area contributed by atoms with Gasteiger partial charge in [-0.2, -0.15) is 8.42 Å². The van der Waals surface area contributed by atoms with Crippen molar-refractivity contribution in [3.05, 3.63) is 107 Å². The largest absolute Gasteiger partial charge is 0.378 e. The molecule has 0 saturated heterocycles. The second kappa shape index (κ2) is 9.87. The Balaban J connectivity index is 1.90. The molecule has 0 fully saturated rings. The van der Waals surface area contributed by atoms with Gasteiger partial charge in [0.25, 0.3) is 0 Å². The molecule has 4 rings (SSSR count). The maximum Gasteiger partial charge on any atom is 0.339 e. The molecule has 0 aliphatic rings. The quantitative estimate of drug-likeness (QED) is 0.267. The molecule has 0 heterocycles. The van der Waals surface area contributed by atoms with Crippen LogP contribution in [-0.2, 0) is 29.8 Å². The number of hydrogen-bond donors (Lipinski definition) is 0. The molecule has 0 unspecified atom stereocenters. The number of sulfone groups is 2. The van der Waals surface area contributed by atoms with Gasteiger partial charge in [-0.05, 0) is 78.9 Å². The van der Waals surface area contributed by atoms with Crippen LogP contribution in [0.3, 0.4) is 0 Å². The van der Waals surface area contributed by atoms with Gasteiger partial charge in [-0.3, -0.25) is 0 Å². The van der Waals surface area contributed by atoms with Crippen molar-refractivity contribution in [1.82, 2.24) is 0 Å². The Morgan fingerprint density at radius 3 is 1.50 bits per heavy atom. The zero-order valence-corrected chi connectivity index (χ0v) is 22.0. The van der Waals surface area contributed by atoms with Crippen molar-refractivity contribution in [2.75, 3.05) is 0 Å². The number of hydrogen-bond acceptors (Lipinski definition) is 7. The summed E-state index contributed by atoms with van der Waals surface area (Å²) in [7, 11) is -13.1. The van der Waals surface area contributed by atoms with E-state index >= 15 is 0 Å². The van der Waals surface area contributed by atoms with E-state index in [9.17, 15) is 25.3 Å². The Bertz CT molecular complexity index is 1740. The van der Waals surface area contributed by atoms with E-state index in [0.29, 0.717) is 5.02 Å². The van der Waals surface area contributed by atoms with Crippen LogP contribution in [0.2, 0.25) is 10.0 Å². The molecule has 7 nitrogen and oxygen atoms in total. The lowest BCUT2D eigenvalue weighted by molar-refractivity contribution is 0.478. The zero-order valence-electron chi connectivity index (χ0n) is 18.1. The normalized spacial score (nSPS) is 12.3. The average Bonchev–Trinajstić information content (AvgIpc) is 2.85. The lowest BCUT2D eigenvalue weighted by atomic mass is 10.3. The van der Waals surface area contributed by atoms with E-state index < -0.39 is 40.4 Å². The predicted octanol–water partition coefficient (Wildman–Crippen LogP) is 5.43. The lowest BCUT2D eigenvalue weighted by Gasteiger charge is -2.14. The van der Waals surface area contributed by atoms with Crippen LogP contribution >= 0.6 is 23.2 Å². The lowest BCUT2D eigenvalue weighted by Crippen LogP contribution is -2.14. The molecule has 36 heavy (non-hydrogen) atoms. The van der Waals surface area contributed by atoms with Gasteiger partial charge in [0.05, 0.1) is 14.7 Å². The van der Waals surface area contributed by atoms with Gasteiger partial charge in [0, 0.05) is 10.0 Å². The molecular weight excluding hydrogens is 567 g/mol. The van der Waals surface area contributed by atoms with Gasteiger partial charge in [-0.15, -0.1) is 0 Å². The van der Waals surface area contributed by atoms with Crippen LogP contribution in [0.15, 0.2) is 122 Å². The van der Waals surface area contributed by atoms with Crippen LogP contribution in [0.5, 0.6) is 5.75 Å². The van der Waals surface area contributed by atoms with E-state index in [1.165, 1.54) is 72.8 Å². The molecule has 0 aliphatic heterocycles. The number of benzene rings is 4. The van der Waals surface area contributed by atoms with E-state index in [2.05, 4.69) is 0 Å². The van der Waals surface area contributed by atoms with Crippen LogP contribution in [-0.4, -0.2) is 25.3 Å². The molecule has 0 atom stereocenters. The first-order valence-electron chi connectivity index (χ1n) is 10.1. The van der Waals surface area contributed by atoms with Crippen molar-refractivity contribution < 1.29 is 29.4 Å². The van der Waals surface area contributed by atoms with Crippen LogP contribution in [0.25, 0.3) is 0 Å². The highest BCUT2D eigenvalue weighted by molar-refractivity contribution is 7.92. The third kappa shape index (κ3) is 5.28. The molecule has 0 bridgehead atoms. The fourth-order valence-electron chi connectivity index (χ4n) is 3.18. The summed E-state index contributed by atoms with van der Waals surface area (Å²) < 4.78 is 84.3. The summed E-state index contributed by atoms with van der Waals surface area (Å²) >= 11 is 11.7. The minimum absolute atomic E-state index is 0.132. The maximum atomic E-state index is 13.5. The van der Waals surface area contributed by atoms with Crippen molar-refractivity contribution in [2.24, 2.45) is 0 Å². The zero-order chi connectivity index (χ0) is 26.1. The molecule has 0 spiro atoms. The summed E-state index contributed by atoms with van der Waals surface area (Å²) in [6.45, 7) is 0. The number of halogens is 2. The van der Waals surface area contributed by atoms with E-state index in [4.69, 9.17) is 27.4 Å². The Morgan fingerprint density at radius 1 is 0.500 bits per heavy atom. The fourth-order valence-corrected chi connectivity index (χ4v) is 7.22. The first-order chi connectivity index (χ1) is 16.9. The van der Waals surface area contributed by atoms with Crippen molar-refractivity contribution in [1.29, 1.82) is 0 Å². The van der Waals surface area contributed by atoms with E-state index in [1.807, 2.05) is 0 Å². The predicted molar refractivity (Wildman–Crippen MR) is 135 cm³/mol. The van der Waals surface area contributed by atoms with Gasteiger partial charge in [-0.1, -0.05) is 41.4 Å². The molecular formula is C24H16Cl2O7S3. The van der Waals surface area contributed by atoms with Gasteiger partial charge >= 0.3 is 10.1 Å². The van der Waals surface area contributed by atoms with Crippen molar-refractivity contribution in [3.63, 3.8) is 0 Å². The van der Waals surface area contributed by atoms with E-state index in [0.717, 1.165) is 18.2 Å². The van der Waals surface area contributed by atoms with Gasteiger partial charge in [0.1, 0.15) is 9.79 Å². The first-order valence-corrected chi connectivity index (χ1v) is 15.2. The summed E-state index contributed by atoms with van der Waals surface area (Å²) in [5, 5.41) is 0.589. The van der Waals surface area contributed by atoms with Crippen LogP contribution in [0, 0.1) is 0 Å². The van der Waals surface area contributed by atoms with E-state index in [1.54, 1.807) is 6.07 Å². The minimum Gasteiger partial charge on any atom is -0.378 e. The Labute approximate surface area is 218 Å². The third-order valence-corrected chi connectivity index (χ3v) is 10.3. The minimum atomic E-state index is -4.45. The molecule has 4 aromatic rings.